The van der Waals surface area contributed by atoms with Crippen LogP contribution in [0.4, 0.5) is 0 Å². The number of carbonyl (C=O) groups is 1. The SMILES string of the molecule is CC(=O)NCc1ccc([C@H]2O[C@@H](CN(Cc3ccccc3)Cc3ccccc3)C[C@@H](c3ccc(CO)cc3)O2)cc1. The molecular weight excluding hydrogens is 512 g/mol. The quantitative estimate of drug-likeness (QED) is 0.238. The van der Waals surface area contributed by atoms with Gasteiger partial charge in [-0.2, -0.15) is 0 Å². The summed E-state index contributed by atoms with van der Waals surface area (Å²) in [5, 5.41) is 12.4. The molecule has 2 N–H and O–H groups in total. The minimum Gasteiger partial charge on any atom is -0.392 e. The maximum atomic E-state index is 11.3. The molecule has 5 rings (SSSR count). The van der Waals surface area contributed by atoms with Crippen LogP contribution in [-0.4, -0.2) is 28.6 Å². The van der Waals surface area contributed by atoms with Crippen molar-refractivity contribution in [2.24, 2.45) is 0 Å². The van der Waals surface area contributed by atoms with E-state index in [9.17, 15) is 9.90 Å². The minimum atomic E-state index is -0.526. The Balaban J connectivity index is 1.38. The van der Waals surface area contributed by atoms with Crippen LogP contribution in [0.3, 0.4) is 0 Å². The fourth-order valence-corrected chi connectivity index (χ4v) is 5.21. The van der Waals surface area contributed by atoms with Gasteiger partial charge in [-0.15, -0.1) is 0 Å². The smallest absolute Gasteiger partial charge is 0.217 e. The molecular formula is C35H38N2O4. The van der Waals surface area contributed by atoms with Crippen molar-refractivity contribution in [1.29, 1.82) is 0 Å². The zero-order valence-electron chi connectivity index (χ0n) is 23.5. The third kappa shape index (κ3) is 8.35. The Hall–Kier alpha value is -3.81. The molecule has 0 aliphatic carbocycles. The molecule has 41 heavy (non-hydrogen) atoms. The molecule has 1 aliphatic heterocycles. The summed E-state index contributed by atoms with van der Waals surface area (Å²) in [6.45, 7) is 4.39. The van der Waals surface area contributed by atoms with Gasteiger partial charge in [0.1, 0.15) is 0 Å². The summed E-state index contributed by atoms with van der Waals surface area (Å²) in [5.74, 6) is -0.0542. The molecule has 4 aromatic rings. The lowest BCUT2D eigenvalue weighted by Crippen LogP contribution is -2.39. The van der Waals surface area contributed by atoms with Crippen molar-refractivity contribution in [2.45, 2.75) is 58.1 Å². The zero-order chi connectivity index (χ0) is 28.4. The van der Waals surface area contributed by atoms with Gasteiger partial charge in [0.05, 0.1) is 18.8 Å². The van der Waals surface area contributed by atoms with E-state index in [0.717, 1.165) is 48.3 Å². The number of rotatable bonds is 11. The number of aliphatic hydroxyl groups is 1. The van der Waals surface area contributed by atoms with Crippen LogP contribution in [0.2, 0.25) is 0 Å². The van der Waals surface area contributed by atoms with Gasteiger partial charge in [-0.25, -0.2) is 0 Å². The van der Waals surface area contributed by atoms with Gasteiger partial charge in [-0.3, -0.25) is 9.69 Å². The van der Waals surface area contributed by atoms with E-state index in [1.54, 1.807) is 0 Å². The number of hydrogen-bond donors (Lipinski definition) is 2. The van der Waals surface area contributed by atoms with Crippen LogP contribution in [0.15, 0.2) is 109 Å². The van der Waals surface area contributed by atoms with Crippen LogP contribution in [0, 0.1) is 0 Å². The first-order valence-corrected chi connectivity index (χ1v) is 14.2. The summed E-state index contributed by atoms with van der Waals surface area (Å²) in [4.78, 5) is 13.8. The maximum absolute atomic E-state index is 11.3. The van der Waals surface area contributed by atoms with Gasteiger partial charge in [0.2, 0.25) is 5.91 Å². The second-order valence-corrected chi connectivity index (χ2v) is 10.6. The number of nitrogens with zero attached hydrogens (tertiary/aromatic N) is 1. The number of benzene rings is 4. The van der Waals surface area contributed by atoms with Crippen molar-refractivity contribution in [1.82, 2.24) is 10.2 Å². The molecule has 0 radical (unpaired) electrons. The van der Waals surface area contributed by atoms with Gasteiger partial charge < -0.3 is 19.9 Å². The molecule has 3 atom stereocenters. The molecule has 6 nitrogen and oxygen atoms in total. The van der Waals surface area contributed by atoms with Crippen LogP contribution in [0.5, 0.6) is 0 Å². The van der Waals surface area contributed by atoms with Gasteiger partial charge in [-0.1, -0.05) is 109 Å². The van der Waals surface area contributed by atoms with E-state index in [1.807, 2.05) is 60.7 Å². The largest absolute Gasteiger partial charge is 0.392 e. The van der Waals surface area contributed by atoms with Crippen LogP contribution in [0.25, 0.3) is 0 Å². The third-order valence-corrected chi connectivity index (χ3v) is 7.37. The second-order valence-electron chi connectivity index (χ2n) is 10.6. The molecule has 6 heteroatoms. The number of nitrogens with one attached hydrogen (secondary N) is 1. The number of hydrogen-bond acceptors (Lipinski definition) is 5. The highest BCUT2D eigenvalue weighted by molar-refractivity contribution is 5.72. The Morgan fingerprint density at radius 1 is 0.756 bits per heavy atom. The summed E-state index contributed by atoms with van der Waals surface area (Å²) in [6.07, 6.45) is -0.0275. The van der Waals surface area contributed by atoms with Crippen molar-refractivity contribution in [3.8, 4) is 0 Å². The Labute approximate surface area is 242 Å². The lowest BCUT2D eigenvalue weighted by molar-refractivity contribution is -0.253. The van der Waals surface area contributed by atoms with E-state index in [0.29, 0.717) is 6.54 Å². The number of aliphatic hydroxyl groups excluding tert-OH is 1. The highest BCUT2D eigenvalue weighted by Gasteiger charge is 2.33. The monoisotopic (exact) mass is 550 g/mol. The number of ether oxygens (including phenoxy) is 2. The lowest BCUT2D eigenvalue weighted by Gasteiger charge is -2.38. The summed E-state index contributed by atoms with van der Waals surface area (Å²) >= 11 is 0. The Morgan fingerprint density at radius 2 is 1.32 bits per heavy atom. The van der Waals surface area contributed by atoms with Gasteiger partial charge in [0, 0.05) is 45.1 Å². The average molecular weight is 551 g/mol. The third-order valence-electron chi connectivity index (χ3n) is 7.37. The molecule has 0 spiro atoms. The van der Waals surface area contributed by atoms with Crippen LogP contribution in [0.1, 0.15) is 59.1 Å². The molecule has 212 valence electrons. The molecule has 1 amide bonds. The second kappa shape index (κ2) is 14.2. The van der Waals surface area contributed by atoms with Crippen LogP contribution >= 0.6 is 0 Å². The van der Waals surface area contributed by atoms with E-state index < -0.39 is 6.29 Å². The molecule has 0 aromatic heterocycles. The molecule has 1 saturated heterocycles. The van der Waals surface area contributed by atoms with Crippen LogP contribution in [-0.2, 0) is 40.5 Å². The van der Waals surface area contributed by atoms with Gasteiger partial charge in [0.15, 0.2) is 6.29 Å². The van der Waals surface area contributed by atoms with Crippen molar-refractivity contribution in [3.05, 3.63) is 143 Å². The number of carbonyl (C=O) groups excluding carboxylic acids is 1. The Bertz CT molecular complexity index is 1320. The maximum Gasteiger partial charge on any atom is 0.217 e. The van der Waals surface area contributed by atoms with E-state index >= 15 is 0 Å². The molecule has 0 unspecified atom stereocenters. The first-order chi connectivity index (χ1) is 20.1. The van der Waals surface area contributed by atoms with Gasteiger partial charge in [0.25, 0.3) is 0 Å². The topological polar surface area (TPSA) is 71.0 Å². The summed E-state index contributed by atoms with van der Waals surface area (Å²) in [5.41, 5.74) is 6.43. The van der Waals surface area contributed by atoms with E-state index in [2.05, 4.69) is 58.7 Å². The summed E-state index contributed by atoms with van der Waals surface area (Å²) < 4.78 is 13.2. The normalized spacial score (nSPS) is 18.8. The zero-order valence-corrected chi connectivity index (χ0v) is 23.5. The molecule has 1 aliphatic rings. The molecule has 0 saturated carbocycles. The highest BCUT2D eigenvalue weighted by Crippen LogP contribution is 2.38. The van der Waals surface area contributed by atoms with Gasteiger partial charge in [-0.05, 0) is 27.8 Å². The fraction of sp³-hybridized carbons (Fsp3) is 0.286. The van der Waals surface area contributed by atoms with E-state index in [4.69, 9.17) is 9.47 Å². The van der Waals surface area contributed by atoms with E-state index in [-0.39, 0.29) is 24.7 Å². The van der Waals surface area contributed by atoms with Crippen molar-refractivity contribution >= 4 is 5.91 Å². The van der Waals surface area contributed by atoms with Crippen molar-refractivity contribution in [2.75, 3.05) is 6.54 Å². The Morgan fingerprint density at radius 3 is 1.88 bits per heavy atom. The summed E-state index contributed by atoms with van der Waals surface area (Å²) in [7, 11) is 0. The highest BCUT2D eigenvalue weighted by atomic mass is 16.7. The first-order valence-electron chi connectivity index (χ1n) is 14.2. The molecule has 0 bridgehead atoms. The van der Waals surface area contributed by atoms with Gasteiger partial charge >= 0.3 is 0 Å². The first kappa shape index (κ1) is 28.7. The molecule has 4 aromatic carbocycles. The molecule has 1 fully saturated rings. The minimum absolute atomic E-state index is 0.0128. The standard InChI is InChI=1S/C35H38N2O4/c1-26(39)36-21-27-12-18-32(19-13-27)35-40-33(20-34(41-35)31-16-14-30(25-38)15-17-31)24-37(22-28-8-4-2-5-9-28)23-29-10-6-3-7-11-29/h2-19,33-35,38H,20-25H2,1H3,(H,36,39)/t33-,34+,35+/m1/s1. The predicted octanol–water partition coefficient (Wildman–Crippen LogP) is 6.06. The fourth-order valence-electron chi connectivity index (χ4n) is 5.21. The number of amides is 1. The van der Waals surface area contributed by atoms with Crippen LogP contribution < -0.4 is 5.32 Å². The van der Waals surface area contributed by atoms with Crippen molar-refractivity contribution in [3.63, 3.8) is 0 Å². The molecule has 1 heterocycles. The predicted molar refractivity (Wildman–Crippen MR) is 159 cm³/mol. The lowest BCUT2D eigenvalue weighted by atomic mass is 9.99. The average Bonchev–Trinajstić information content (AvgIpc) is 3.01. The Kier molecular flexibility index (Phi) is 9.94. The van der Waals surface area contributed by atoms with E-state index in [1.165, 1.54) is 18.1 Å². The summed E-state index contributed by atoms with van der Waals surface area (Å²) in [6, 6.07) is 37.1. The van der Waals surface area contributed by atoms with Crippen molar-refractivity contribution < 1.29 is 19.4 Å².